The maximum absolute atomic E-state index is 0. The van der Waals surface area contributed by atoms with Gasteiger partial charge in [-0.3, -0.25) is 28.2 Å². The molecule has 0 radical (unpaired) electrons. The van der Waals surface area contributed by atoms with Crippen molar-refractivity contribution in [3.05, 3.63) is 0 Å². The topological polar surface area (TPSA) is 0 Å². The third-order valence-corrected chi connectivity index (χ3v) is 0. The molecule has 0 spiro atoms. The molecular formula is H10AsF6Li. The maximum atomic E-state index is 0. The van der Waals surface area contributed by atoms with Crippen molar-refractivity contribution in [3.8, 4) is 0 Å². The number of hydrogen-bond donors (Lipinski definition) is 0. The van der Waals surface area contributed by atoms with Crippen LogP contribution in [0.25, 0.3) is 0 Å². The van der Waals surface area contributed by atoms with Crippen molar-refractivity contribution < 1.29 is 28.2 Å². The Kier molecular flexibility index (Phi) is 78200. The third kappa shape index (κ3) is 409. The van der Waals surface area contributed by atoms with E-state index in [4.69, 9.17) is 0 Å². The summed E-state index contributed by atoms with van der Waals surface area (Å²) >= 11 is 0. The zero-order valence-corrected chi connectivity index (χ0v) is 6.12. The Bertz CT molecular complexity index is 8.49. The summed E-state index contributed by atoms with van der Waals surface area (Å²) in [4.78, 5) is 0. The van der Waals surface area contributed by atoms with Crippen LogP contribution >= 0.6 is 0 Å². The second-order valence-electron chi connectivity index (χ2n) is 0. The average Bonchev–Trinajstić information content (AvgIpc) is 0. The second kappa shape index (κ2) is 648. The molecule has 0 aliphatic rings. The Balaban J connectivity index is 0. The van der Waals surface area contributed by atoms with Crippen LogP contribution in [0.2, 0.25) is 0 Å². The molecule has 0 aliphatic heterocycles. The average molecular weight is 206 g/mol. The zero-order valence-electron chi connectivity index (χ0n) is 3.16. The zero-order chi connectivity index (χ0) is 0. The standard InChI is InChI=1S/AsH3.6FH.Li.H/h1H3;6*1H;;. The van der Waals surface area contributed by atoms with Crippen LogP contribution in [0.5, 0.6) is 0 Å². The molecule has 1 unspecified atom stereocenters. The fourth-order valence-electron chi connectivity index (χ4n) is 0. The Labute approximate surface area is 65.5 Å². The third-order valence-electron chi connectivity index (χ3n) is 0. The SMILES string of the molecule is F.F.F.F.F.F.[AsH3].[LiH]. The first-order valence-electron chi connectivity index (χ1n) is 0. The molecule has 0 amide bonds. The number of halogens is 6. The van der Waals surface area contributed by atoms with Crippen LogP contribution in [-0.4, -0.2) is 36.8 Å². The molecule has 0 fully saturated rings. The molecule has 8 heteroatoms. The Hall–Kier alpha value is 0.736. The summed E-state index contributed by atoms with van der Waals surface area (Å²) in [6.07, 6.45) is 0. The van der Waals surface area contributed by atoms with E-state index >= 15 is 0 Å². The molecule has 0 aromatic carbocycles. The summed E-state index contributed by atoms with van der Waals surface area (Å²) in [7, 11) is 0. The molecule has 1 atom stereocenters. The van der Waals surface area contributed by atoms with Crippen molar-refractivity contribution in [2.75, 3.05) is 0 Å². The monoisotopic (exact) mass is 206 g/mol. The molecule has 0 aromatic heterocycles. The molecule has 0 saturated heterocycles. The minimum absolute atomic E-state index is 0. The first-order chi connectivity index (χ1) is 0. The fraction of sp³-hybridized carbons (Fsp3) is 0. The van der Waals surface area contributed by atoms with E-state index in [2.05, 4.69) is 0 Å². The molecule has 0 saturated carbocycles. The predicted octanol–water partition coefficient (Wildman–Crippen LogP) is -0.917. The molecule has 58 valence electrons. The first kappa shape index (κ1) is 965. The molecular weight excluding hydrogens is 196 g/mol. The van der Waals surface area contributed by atoms with Gasteiger partial charge in [-0.05, 0) is 0 Å². The van der Waals surface area contributed by atoms with Gasteiger partial charge in [-0.1, -0.05) is 0 Å². The van der Waals surface area contributed by atoms with Gasteiger partial charge in [0.15, 0.2) is 0 Å². The van der Waals surface area contributed by atoms with Gasteiger partial charge < -0.3 is 0 Å². The van der Waals surface area contributed by atoms with Crippen molar-refractivity contribution in [3.63, 3.8) is 0 Å². The number of hydrogen-bond acceptors (Lipinski definition) is 0. The van der Waals surface area contributed by atoms with Crippen molar-refractivity contribution in [2.24, 2.45) is 0 Å². The molecule has 0 nitrogen and oxygen atoms in total. The van der Waals surface area contributed by atoms with Crippen LogP contribution in [0.4, 0.5) is 28.2 Å². The molecule has 0 rings (SSSR count). The van der Waals surface area contributed by atoms with Gasteiger partial charge >= 0.3 is 36.8 Å². The van der Waals surface area contributed by atoms with E-state index < -0.39 is 0 Å². The molecule has 0 heterocycles. The van der Waals surface area contributed by atoms with Gasteiger partial charge in [0.25, 0.3) is 0 Å². The Morgan fingerprint density at radius 1 is 0.375 bits per heavy atom. The van der Waals surface area contributed by atoms with Crippen molar-refractivity contribution in [2.45, 2.75) is 0 Å². The summed E-state index contributed by atoms with van der Waals surface area (Å²) < 4.78 is 0. The van der Waals surface area contributed by atoms with Gasteiger partial charge in [-0.25, -0.2) is 0 Å². The quantitative estimate of drug-likeness (QED) is 0.355. The summed E-state index contributed by atoms with van der Waals surface area (Å²) in [6.45, 7) is 0. The summed E-state index contributed by atoms with van der Waals surface area (Å²) in [5, 5.41) is 0. The molecule has 0 aromatic rings. The van der Waals surface area contributed by atoms with Gasteiger partial charge in [0.05, 0.1) is 0 Å². The van der Waals surface area contributed by atoms with Crippen LogP contribution in [-0.2, 0) is 0 Å². The summed E-state index contributed by atoms with van der Waals surface area (Å²) in [6, 6.07) is 0. The summed E-state index contributed by atoms with van der Waals surface area (Å²) in [5.41, 5.74) is 0. The second-order valence-corrected chi connectivity index (χ2v) is 0. The van der Waals surface area contributed by atoms with Crippen LogP contribution < -0.4 is 0 Å². The molecule has 0 N–H and O–H groups in total. The minimum atomic E-state index is 0. The van der Waals surface area contributed by atoms with Gasteiger partial charge in [0.1, 0.15) is 0 Å². The summed E-state index contributed by atoms with van der Waals surface area (Å²) in [5.74, 6) is 0. The van der Waals surface area contributed by atoms with Crippen LogP contribution in [0.1, 0.15) is 0 Å². The normalized spacial score (nSPS) is 0. The van der Waals surface area contributed by atoms with E-state index in [9.17, 15) is 0 Å². The van der Waals surface area contributed by atoms with E-state index in [-0.39, 0.29) is 65.0 Å². The van der Waals surface area contributed by atoms with Gasteiger partial charge in [-0.15, -0.1) is 0 Å². The van der Waals surface area contributed by atoms with Crippen molar-refractivity contribution in [1.29, 1.82) is 0 Å². The van der Waals surface area contributed by atoms with Gasteiger partial charge in [-0.2, -0.15) is 0 Å². The van der Waals surface area contributed by atoms with Gasteiger partial charge in [0, 0.05) is 0 Å². The van der Waals surface area contributed by atoms with E-state index in [1.165, 1.54) is 0 Å². The molecule has 0 bridgehead atoms. The van der Waals surface area contributed by atoms with E-state index in [0.29, 0.717) is 0 Å². The van der Waals surface area contributed by atoms with Gasteiger partial charge in [0.2, 0.25) is 0 Å². The van der Waals surface area contributed by atoms with Crippen LogP contribution in [0.15, 0.2) is 0 Å². The van der Waals surface area contributed by atoms with E-state index in [1.54, 1.807) is 0 Å². The van der Waals surface area contributed by atoms with Crippen LogP contribution in [0, 0.1) is 0 Å². The van der Waals surface area contributed by atoms with E-state index in [0.717, 1.165) is 0 Å². The Morgan fingerprint density at radius 3 is 0.375 bits per heavy atom. The van der Waals surface area contributed by atoms with E-state index in [1.807, 2.05) is 0 Å². The number of rotatable bonds is 0. The molecule has 8 heavy (non-hydrogen) atoms. The van der Waals surface area contributed by atoms with Crippen molar-refractivity contribution >= 4 is 36.8 Å². The Morgan fingerprint density at radius 2 is 0.375 bits per heavy atom. The fourth-order valence-corrected chi connectivity index (χ4v) is 0. The first-order valence-corrected chi connectivity index (χ1v) is 0. The van der Waals surface area contributed by atoms with Crippen LogP contribution in [0.3, 0.4) is 0 Å². The predicted molar refractivity (Wildman–Crippen MR) is 32.1 cm³/mol. The molecule has 0 aliphatic carbocycles. The van der Waals surface area contributed by atoms with Crippen molar-refractivity contribution in [1.82, 2.24) is 0 Å².